The zero-order chi connectivity index (χ0) is 12.0. The number of ether oxygens (including phenoxy) is 1. The average molecular weight is 248 g/mol. The van der Waals surface area contributed by atoms with Crippen molar-refractivity contribution in [3.8, 4) is 5.75 Å². The van der Waals surface area contributed by atoms with Crippen molar-refractivity contribution >= 4 is 24.2 Å². The lowest BCUT2D eigenvalue weighted by atomic mass is 9.73. The molecule has 2 N–H and O–H groups in total. The highest BCUT2D eigenvalue weighted by Crippen LogP contribution is 2.41. The number of halogens is 1. The van der Waals surface area contributed by atoms with Crippen LogP contribution >= 0.6 is 11.6 Å². The van der Waals surface area contributed by atoms with E-state index in [2.05, 4.69) is 0 Å². The zero-order valence-electron chi connectivity index (χ0n) is 8.88. The maximum Gasteiger partial charge on any atom is 0.488 e. The van der Waals surface area contributed by atoms with E-state index in [0.29, 0.717) is 16.2 Å². The molecule has 2 unspecified atom stereocenters. The Morgan fingerprint density at radius 3 is 2.88 bits per heavy atom. The summed E-state index contributed by atoms with van der Waals surface area (Å²) in [6.45, 7) is 0. The Morgan fingerprint density at radius 2 is 2.12 bits per heavy atom. The molecule has 0 bridgehead atoms. The van der Waals surface area contributed by atoms with Crippen molar-refractivity contribution < 1.29 is 14.8 Å². The SMILES string of the molecule is OB(O)c1cccc2c1C1C=CC(Cl)=CC1O2. The Hall–Kier alpha value is -1.23. The molecular weight excluding hydrogens is 238 g/mol. The molecule has 1 aliphatic carbocycles. The van der Waals surface area contributed by atoms with Crippen molar-refractivity contribution in [1.29, 1.82) is 0 Å². The second-order valence-corrected chi connectivity index (χ2v) is 4.59. The van der Waals surface area contributed by atoms with Gasteiger partial charge in [-0.25, -0.2) is 0 Å². The van der Waals surface area contributed by atoms with Crippen molar-refractivity contribution in [1.82, 2.24) is 0 Å². The molecule has 0 fully saturated rings. The van der Waals surface area contributed by atoms with Gasteiger partial charge >= 0.3 is 7.12 Å². The molecule has 0 spiro atoms. The van der Waals surface area contributed by atoms with E-state index in [9.17, 15) is 10.0 Å². The predicted octanol–water partition coefficient (Wildman–Crippen LogP) is 0.903. The third-order valence-corrected chi connectivity index (χ3v) is 3.37. The molecule has 0 saturated heterocycles. The molecule has 3 nitrogen and oxygen atoms in total. The number of rotatable bonds is 1. The first-order chi connectivity index (χ1) is 8.16. The van der Waals surface area contributed by atoms with Gasteiger partial charge in [-0.2, -0.15) is 0 Å². The van der Waals surface area contributed by atoms with Gasteiger partial charge in [-0.15, -0.1) is 0 Å². The summed E-state index contributed by atoms with van der Waals surface area (Å²) >= 11 is 5.92. The molecule has 0 aromatic heterocycles. The van der Waals surface area contributed by atoms with Gasteiger partial charge in [0.2, 0.25) is 0 Å². The molecule has 0 amide bonds. The third-order valence-electron chi connectivity index (χ3n) is 3.11. The second kappa shape index (κ2) is 3.91. The van der Waals surface area contributed by atoms with Crippen LogP contribution in [0.25, 0.3) is 0 Å². The molecule has 5 heteroatoms. The third kappa shape index (κ3) is 1.69. The molecule has 3 rings (SSSR count). The molecule has 1 aliphatic heterocycles. The molecule has 0 saturated carbocycles. The van der Waals surface area contributed by atoms with Gasteiger partial charge in [0.1, 0.15) is 11.9 Å². The molecular formula is C12H10BClO3. The Kier molecular flexibility index (Phi) is 2.51. The maximum absolute atomic E-state index is 9.36. The van der Waals surface area contributed by atoms with E-state index in [0.717, 1.165) is 5.56 Å². The summed E-state index contributed by atoms with van der Waals surface area (Å²) in [4.78, 5) is 0. The van der Waals surface area contributed by atoms with Gasteiger partial charge in [0, 0.05) is 16.5 Å². The van der Waals surface area contributed by atoms with Crippen LogP contribution in [0.2, 0.25) is 0 Å². The van der Waals surface area contributed by atoms with Crippen LogP contribution in [0.3, 0.4) is 0 Å². The van der Waals surface area contributed by atoms with Crippen LogP contribution in [0, 0.1) is 0 Å². The van der Waals surface area contributed by atoms with Gasteiger partial charge < -0.3 is 14.8 Å². The predicted molar refractivity (Wildman–Crippen MR) is 66.5 cm³/mol. The number of fused-ring (bicyclic) bond motifs is 3. The highest BCUT2D eigenvalue weighted by Gasteiger charge is 2.36. The van der Waals surface area contributed by atoms with Crippen LogP contribution in [-0.2, 0) is 0 Å². The van der Waals surface area contributed by atoms with Crippen LogP contribution in [0.1, 0.15) is 11.5 Å². The monoisotopic (exact) mass is 248 g/mol. The summed E-state index contributed by atoms with van der Waals surface area (Å²) in [5.74, 6) is 0.698. The highest BCUT2D eigenvalue weighted by atomic mass is 35.5. The Morgan fingerprint density at radius 1 is 1.29 bits per heavy atom. The van der Waals surface area contributed by atoms with Crippen molar-refractivity contribution in [3.63, 3.8) is 0 Å². The Labute approximate surface area is 104 Å². The molecule has 0 radical (unpaired) electrons. The average Bonchev–Trinajstić information content (AvgIpc) is 2.65. The number of hydrogen-bond donors (Lipinski definition) is 2. The standard InChI is InChI=1S/C12H10BClO3/c14-7-4-5-8-11(6-7)17-10-3-1-2-9(12(8)10)13(15)16/h1-6,8,11,15-16H. The van der Waals surface area contributed by atoms with Gasteiger partial charge in [0.25, 0.3) is 0 Å². The van der Waals surface area contributed by atoms with E-state index in [1.54, 1.807) is 12.1 Å². The Balaban J connectivity index is 2.11. The maximum atomic E-state index is 9.36. The summed E-state index contributed by atoms with van der Waals surface area (Å²) in [5.41, 5.74) is 1.33. The van der Waals surface area contributed by atoms with E-state index < -0.39 is 7.12 Å². The summed E-state index contributed by atoms with van der Waals surface area (Å²) in [6, 6.07) is 5.28. The van der Waals surface area contributed by atoms with Crippen molar-refractivity contribution in [3.05, 3.63) is 47.0 Å². The molecule has 1 heterocycles. The van der Waals surface area contributed by atoms with Gasteiger partial charge in [-0.1, -0.05) is 29.8 Å². The first-order valence-corrected chi connectivity index (χ1v) is 5.76. The van der Waals surface area contributed by atoms with Gasteiger partial charge in [0.05, 0.1) is 0 Å². The van der Waals surface area contributed by atoms with Crippen LogP contribution in [0.5, 0.6) is 5.75 Å². The van der Waals surface area contributed by atoms with Gasteiger partial charge in [0.15, 0.2) is 0 Å². The van der Waals surface area contributed by atoms with Gasteiger partial charge in [-0.05, 0) is 23.7 Å². The van der Waals surface area contributed by atoms with E-state index >= 15 is 0 Å². The lowest BCUT2D eigenvalue weighted by Crippen LogP contribution is -2.33. The van der Waals surface area contributed by atoms with E-state index in [1.165, 1.54) is 0 Å². The minimum Gasteiger partial charge on any atom is -0.485 e. The van der Waals surface area contributed by atoms with Crippen molar-refractivity contribution in [2.45, 2.75) is 12.0 Å². The smallest absolute Gasteiger partial charge is 0.485 e. The highest BCUT2D eigenvalue weighted by molar-refractivity contribution is 6.59. The summed E-state index contributed by atoms with van der Waals surface area (Å²) in [7, 11) is -1.48. The molecule has 86 valence electrons. The van der Waals surface area contributed by atoms with Crippen LogP contribution in [0.4, 0.5) is 0 Å². The summed E-state index contributed by atoms with van der Waals surface area (Å²) in [6.07, 6.45) is 5.43. The summed E-state index contributed by atoms with van der Waals surface area (Å²) < 4.78 is 5.74. The normalized spacial score (nSPS) is 24.8. The van der Waals surface area contributed by atoms with Crippen LogP contribution < -0.4 is 10.2 Å². The van der Waals surface area contributed by atoms with E-state index in [4.69, 9.17) is 16.3 Å². The van der Waals surface area contributed by atoms with E-state index in [1.807, 2.05) is 24.3 Å². The molecule has 1 aromatic rings. The second-order valence-electron chi connectivity index (χ2n) is 4.15. The topological polar surface area (TPSA) is 49.7 Å². The number of benzene rings is 1. The van der Waals surface area contributed by atoms with Crippen molar-refractivity contribution in [2.24, 2.45) is 0 Å². The Bertz CT molecular complexity index is 524. The van der Waals surface area contributed by atoms with Crippen LogP contribution in [0.15, 0.2) is 41.5 Å². The largest absolute Gasteiger partial charge is 0.488 e. The fraction of sp³-hybridized carbons (Fsp3) is 0.167. The van der Waals surface area contributed by atoms with E-state index in [-0.39, 0.29) is 12.0 Å². The van der Waals surface area contributed by atoms with Gasteiger partial charge in [-0.3, -0.25) is 0 Å². The van der Waals surface area contributed by atoms with Crippen LogP contribution in [-0.4, -0.2) is 23.3 Å². The lowest BCUT2D eigenvalue weighted by molar-refractivity contribution is 0.268. The molecule has 1 aromatic carbocycles. The fourth-order valence-electron chi connectivity index (χ4n) is 2.38. The number of allylic oxidation sites excluding steroid dienone is 2. The first-order valence-electron chi connectivity index (χ1n) is 5.38. The number of hydrogen-bond acceptors (Lipinski definition) is 3. The molecule has 2 aliphatic rings. The molecule has 2 atom stereocenters. The quantitative estimate of drug-likeness (QED) is 0.726. The fourth-order valence-corrected chi connectivity index (χ4v) is 2.58. The molecule has 17 heavy (non-hydrogen) atoms. The lowest BCUT2D eigenvalue weighted by Gasteiger charge is -2.17. The first kappa shape index (κ1) is 10.9. The summed E-state index contributed by atoms with van der Waals surface area (Å²) in [5, 5.41) is 19.4. The van der Waals surface area contributed by atoms with Crippen molar-refractivity contribution in [2.75, 3.05) is 0 Å². The zero-order valence-corrected chi connectivity index (χ0v) is 9.63. The minimum atomic E-state index is -1.48. The minimum absolute atomic E-state index is 0.00509.